The number of carbonyl (C=O) groups excluding carboxylic acids is 1. The van der Waals surface area contributed by atoms with E-state index in [2.05, 4.69) is 38.0 Å². The lowest BCUT2D eigenvalue weighted by Gasteiger charge is -2.35. The number of carbonyl (C=O) groups is 1. The minimum Gasteiger partial charge on any atom is -0.360 e. The van der Waals surface area contributed by atoms with Crippen molar-refractivity contribution in [3.8, 4) is 0 Å². The Bertz CT molecular complexity index is 714. The lowest BCUT2D eigenvalue weighted by molar-refractivity contribution is 0.0740. The highest BCUT2D eigenvalue weighted by atomic mass is 32.1. The molecule has 134 valence electrons. The highest BCUT2D eigenvalue weighted by molar-refractivity contribution is 7.14. The number of amides is 1. The van der Waals surface area contributed by atoms with Crippen molar-refractivity contribution in [1.82, 2.24) is 25.2 Å². The number of piperazine rings is 1. The van der Waals surface area contributed by atoms with Crippen molar-refractivity contribution in [2.24, 2.45) is 0 Å². The Morgan fingerprint density at radius 2 is 2.00 bits per heavy atom. The summed E-state index contributed by atoms with van der Waals surface area (Å²) in [4.78, 5) is 17.1. The van der Waals surface area contributed by atoms with Crippen LogP contribution in [0.25, 0.3) is 0 Å². The van der Waals surface area contributed by atoms with E-state index < -0.39 is 0 Å². The van der Waals surface area contributed by atoms with E-state index in [9.17, 15) is 4.79 Å². The van der Waals surface area contributed by atoms with Crippen molar-refractivity contribution >= 4 is 22.2 Å². The SMILES string of the molecule is Cc1c(C(=O)N2CCN(c3cccs3)CC2)nnn1C1CCNCC1. The molecule has 4 rings (SSSR count). The van der Waals surface area contributed by atoms with E-state index in [-0.39, 0.29) is 5.91 Å². The highest BCUT2D eigenvalue weighted by Crippen LogP contribution is 2.24. The molecule has 0 bridgehead atoms. The van der Waals surface area contributed by atoms with Crippen LogP contribution in [0.5, 0.6) is 0 Å². The average molecular weight is 360 g/mol. The molecule has 8 heteroatoms. The standard InChI is InChI=1S/C17H24N6OS/c1-13-16(19-20-23(13)14-4-6-18-7-5-14)17(24)22-10-8-21(9-11-22)15-3-2-12-25-15/h2-3,12,14,18H,4-11H2,1H3. The normalized spacial score (nSPS) is 19.4. The van der Waals surface area contributed by atoms with Gasteiger partial charge in [0.25, 0.3) is 5.91 Å². The fourth-order valence-corrected chi connectivity index (χ4v) is 4.45. The number of nitrogens with one attached hydrogen (secondary N) is 1. The van der Waals surface area contributed by atoms with E-state index >= 15 is 0 Å². The van der Waals surface area contributed by atoms with Crippen molar-refractivity contribution in [2.45, 2.75) is 25.8 Å². The summed E-state index contributed by atoms with van der Waals surface area (Å²) in [6.07, 6.45) is 2.08. The number of nitrogens with zero attached hydrogens (tertiary/aromatic N) is 5. The first-order chi connectivity index (χ1) is 12.2. The van der Waals surface area contributed by atoms with E-state index in [1.807, 2.05) is 16.5 Å². The third kappa shape index (κ3) is 3.28. The molecular weight excluding hydrogens is 336 g/mol. The monoisotopic (exact) mass is 360 g/mol. The van der Waals surface area contributed by atoms with Gasteiger partial charge < -0.3 is 15.1 Å². The minimum absolute atomic E-state index is 0.0171. The van der Waals surface area contributed by atoms with Gasteiger partial charge in [-0.25, -0.2) is 4.68 Å². The van der Waals surface area contributed by atoms with Gasteiger partial charge in [-0.1, -0.05) is 5.21 Å². The number of hydrogen-bond acceptors (Lipinski definition) is 6. The molecule has 0 atom stereocenters. The van der Waals surface area contributed by atoms with Crippen LogP contribution in [0.3, 0.4) is 0 Å². The molecule has 2 fully saturated rings. The van der Waals surface area contributed by atoms with Crippen LogP contribution in [0.4, 0.5) is 5.00 Å². The van der Waals surface area contributed by atoms with Gasteiger partial charge in [0.1, 0.15) is 0 Å². The van der Waals surface area contributed by atoms with E-state index in [4.69, 9.17) is 0 Å². The minimum atomic E-state index is 0.0171. The van der Waals surface area contributed by atoms with Crippen molar-refractivity contribution in [1.29, 1.82) is 0 Å². The van der Waals surface area contributed by atoms with E-state index in [0.29, 0.717) is 11.7 Å². The summed E-state index contributed by atoms with van der Waals surface area (Å²) >= 11 is 1.75. The molecule has 7 nitrogen and oxygen atoms in total. The van der Waals surface area contributed by atoms with Crippen LogP contribution < -0.4 is 10.2 Å². The number of piperidine rings is 1. The van der Waals surface area contributed by atoms with Gasteiger partial charge in [-0.2, -0.15) is 0 Å². The second kappa shape index (κ2) is 7.13. The lowest BCUT2D eigenvalue weighted by Crippen LogP contribution is -2.48. The van der Waals surface area contributed by atoms with Gasteiger partial charge in [-0.3, -0.25) is 4.79 Å². The summed E-state index contributed by atoms with van der Waals surface area (Å²) in [5, 5.41) is 15.2. The molecule has 0 aromatic carbocycles. The molecule has 2 aromatic rings. The van der Waals surface area contributed by atoms with E-state index in [0.717, 1.165) is 57.8 Å². The Labute approximate surface area is 151 Å². The molecule has 0 unspecified atom stereocenters. The number of hydrogen-bond donors (Lipinski definition) is 1. The highest BCUT2D eigenvalue weighted by Gasteiger charge is 2.28. The van der Waals surface area contributed by atoms with Crippen LogP contribution in [-0.2, 0) is 0 Å². The molecule has 4 heterocycles. The van der Waals surface area contributed by atoms with E-state index in [1.165, 1.54) is 5.00 Å². The van der Waals surface area contributed by atoms with Crippen molar-refractivity contribution < 1.29 is 4.79 Å². The first-order valence-electron chi connectivity index (χ1n) is 8.94. The van der Waals surface area contributed by atoms with Crippen LogP contribution in [0.1, 0.15) is 35.1 Å². The molecule has 25 heavy (non-hydrogen) atoms. The summed E-state index contributed by atoms with van der Waals surface area (Å²) in [6.45, 7) is 7.17. The Morgan fingerprint density at radius 3 is 2.68 bits per heavy atom. The zero-order chi connectivity index (χ0) is 17.2. The third-order valence-electron chi connectivity index (χ3n) is 5.17. The van der Waals surface area contributed by atoms with Crippen LogP contribution in [0.15, 0.2) is 17.5 Å². The van der Waals surface area contributed by atoms with Crippen molar-refractivity contribution in [3.05, 3.63) is 28.9 Å². The maximum Gasteiger partial charge on any atom is 0.276 e. The molecule has 2 aromatic heterocycles. The number of rotatable bonds is 3. The molecule has 2 saturated heterocycles. The summed E-state index contributed by atoms with van der Waals surface area (Å²) in [7, 11) is 0. The summed E-state index contributed by atoms with van der Waals surface area (Å²) in [6, 6.07) is 4.56. The fraction of sp³-hybridized carbons (Fsp3) is 0.588. The third-order valence-corrected chi connectivity index (χ3v) is 6.10. The number of anilines is 1. The maximum absolute atomic E-state index is 12.9. The molecule has 0 radical (unpaired) electrons. The molecular formula is C17H24N6OS. The Hall–Kier alpha value is -1.93. The molecule has 1 N–H and O–H groups in total. The quantitative estimate of drug-likeness (QED) is 0.899. The Kier molecular flexibility index (Phi) is 4.72. The molecule has 1 amide bonds. The second-order valence-electron chi connectivity index (χ2n) is 6.68. The first kappa shape index (κ1) is 16.5. The fourth-order valence-electron chi connectivity index (χ4n) is 3.67. The summed E-state index contributed by atoms with van der Waals surface area (Å²) < 4.78 is 1.95. The second-order valence-corrected chi connectivity index (χ2v) is 7.61. The summed E-state index contributed by atoms with van der Waals surface area (Å²) in [5.74, 6) is 0.0171. The predicted octanol–water partition coefficient (Wildman–Crippen LogP) is 1.53. The van der Waals surface area contributed by atoms with Gasteiger partial charge in [0.15, 0.2) is 5.69 Å². The predicted molar refractivity (Wildman–Crippen MR) is 98.3 cm³/mol. The zero-order valence-corrected chi connectivity index (χ0v) is 15.3. The topological polar surface area (TPSA) is 66.3 Å². The van der Waals surface area contributed by atoms with Gasteiger partial charge in [0.05, 0.1) is 16.7 Å². The number of aromatic nitrogens is 3. The Balaban J connectivity index is 1.42. The average Bonchev–Trinajstić information content (AvgIpc) is 3.32. The molecule has 2 aliphatic heterocycles. The molecule has 0 aliphatic carbocycles. The van der Waals surface area contributed by atoms with Crippen molar-refractivity contribution in [3.63, 3.8) is 0 Å². The van der Waals surface area contributed by atoms with Gasteiger partial charge in [0, 0.05) is 26.2 Å². The smallest absolute Gasteiger partial charge is 0.276 e. The zero-order valence-electron chi connectivity index (χ0n) is 14.5. The number of thiophene rings is 1. The molecule has 0 spiro atoms. The van der Waals surface area contributed by atoms with Gasteiger partial charge in [-0.15, -0.1) is 16.4 Å². The van der Waals surface area contributed by atoms with Crippen LogP contribution in [0, 0.1) is 6.92 Å². The van der Waals surface area contributed by atoms with Gasteiger partial charge >= 0.3 is 0 Å². The van der Waals surface area contributed by atoms with Crippen LogP contribution in [-0.4, -0.2) is 65.1 Å². The van der Waals surface area contributed by atoms with E-state index in [1.54, 1.807) is 11.3 Å². The maximum atomic E-state index is 12.9. The van der Waals surface area contributed by atoms with Crippen LogP contribution >= 0.6 is 11.3 Å². The largest absolute Gasteiger partial charge is 0.360 e. The van der Waals surface area contributed by atoms with Gasteiger partial charge in [0.2, 0.25) is 0 Å². The molecule has 2 aliphatic rings. The van der Waals surface area contributed by atoms with Crippen LogP contribution in [0.2, 0.25) is 0 Å². The lowest BCUT2D eigenvalue weighted by atomic mass is 10.1. The van der Waals surface area contributed by atoms with Gasteiger partial charge in [-0.05, 0) is 50.4 Å². The first-order valence-corrected chi connectivity index (χ1v) is 9.82. The molecule has 0 saturated carbocycles. The van der Waals surface area contributed by atoms with Crippen molar-refractivity contribution in [2.75, 3.05) is 44.2 Å². The Morgan fingerprint density at radius 1 is 1.24 bits per heavy atom. The summed E-state index contributed by atoms with van der Waals surface area (Å²) in [5.41, 5.74) is 1.42.